The van der Waals surface area contributed by atoms with E-state index in [0.29, 0.717) is 30.0 Å². The standard InChI is InChI=1S/C15H18N4O3/c1-10-9-13(11(2)22-10)14(20)18-19-15(21)17-8-6-12-5-3-4-7-16-12/h3-5,7,9H,6,8H2,1-2H3,(H,18,20)(H2,17,19,21). The summed E-state index contributed by atoms with van der Waals surface area (Å²) in [5.41, 5.74) is 5.90. The van der Waals surface area contributed by atoms with E-state index in [9.17, 15) is 9.59 Å². The monoisotopic (exact) mass is 302 g/mol. The van der Waals surface area contributed by atoms with Crippen LogP contribution in [0.5, 0.6) is 0 Å². The summed E-state index contributed by atoms with van der Waals surface area (Å²) in [6.07, 6.45) is 2.31. The minimum absolute atomic E-state index is 0.395. The number of nitrogens with zero attached hydrogens (tertiary/aromatic N) is 1. The first kappa shape index (κ1) is 15.6. The summed E-state index contributed by atoms with van der Waals surface area (Å²) in [4.78, 5) is 27.6. The van der Waals surface area contributed by atoms with Gasteiger partial charge in [0.25, 0.3) is 5.91 Å². The molecule has 116 valence electrons. The summed E-state index contributed by atoms with van der Waals surface area (Å²) in [7, 11) is 0. The zero-order valence-electron chi connectivity index (χ0n) is 12.5. The van der Waals surface area contributed by atoms with E-state index in [1.54, 1.807) is 26.1 Å². The molecule has 0 saturated heterocycles. The molecule has 0 unspecified atom stereocenters. The van der Waals surface area contributed by atoms with Gasteiger partial charge in [-0.1, -0.05) is 6.07 Å². The van der Waals surface area contributed by atoms with Crippen LogP contribution in [0.4, 0.5) is 4.79 Å². The van der Waals surface area contributed by atoms with Gasteiger partial charge in [-0.3, -0.25) is 15.2 Å². The van der Waals surface area contributed by atoms with Crippen LogP contribution in [0.25, 0.3) is 0 Å². The van der Waals surface area contributed by atoms with Gasteiger partial charge in [-0.25, -0.2) is 10.2 Å². The molecule has 0 aliphatic heterocycles. The van der Waals surface area contributed by atoms with Crippen LogP contribution in [0.15, 0.2) is 34.9 Å². The summed E-state index contributed by atoms with van der Waals surface area (Å²) in [6, 6.07) is 6.73. The topological polar surface area (TPSA) is 96.3 Å². The molecule has 0 aromatic carbocycles. The Balaban J connectivity index is 1.71. The molecule has 7 heteroatoms. The van der Waals surface area contributed by atoms with Crippen LogP contribution in [0, 0.1) is 13.8 Å². The van der Waals surface area contributed by atoms with Crippen molar-refractivity contribution in [1.82, 2.24) is 21.2 Å². The highest BCUT2D eigenvalue weighted by molar-refractivity contribution is 5.96. The van der Waals surface area contributed by atoms with Gasteiger partial charge >= 0.3 is 6.03 Å². The van der Waals surface area contributed by atoms with E-state index in [1.807, 2.05) is 18.2 Å². The molecule has 0 saturated carbocycles. The third-order valence-electron chi connectivity index (χ3n) is 2.97. The first-order chi connectivity index (χ1) is 10.6. The Hall–Kier alpha value is -2.83. The number of nitrogens with one attached hydrogen (secondary N) is 3. The molecular weight excluding hydrogens is 284 g/mol. The maximum absolute atomic E-state index is 11.9. The summed E-state index contributed by atoms with van der Waals surface area (Å²) in [5, 5.41) is 2.63. The Morgan fingerprint density at radius 2 is 2.05 bits per heavy atom. The average Bonchev–Trinajstić information content (AvgIpc) is 2.84. The maximum Gasteiger partial charge on any atom is 0.333 e. The third-order valence-corrected chi connectivity index (χ3v) is 2.97. The lowest BCUT2D eigenvalue weighted by Crippen LogP contribution is -2.47. The smallest absolute Gasteiger partial charge is 0.333 e. The molecule has 2 aromatic rings. The summed E-state index contributed by atoms with van der Waals surface area (Å²) >= 11 is 0. The molecule has 7 nitrogen and oxygen atoms in total. The van der Waals surface area contributed by atoms with E-state index in [4.69, 9.17) is 4.42 Å². The van der Waals surface area contributed by atoms with Crippen molar-refractivity contribution in [3.8, 4) is 0 Å². The average molecular weight is 302 g/mol. The third kappa shape index (κ3) is 4.34. The molecule has 0 radical (unpaired) electrons. The predicted molar refractivity (Wildman–Crippen MR) is 80.1 cm³/mol. The van der Waals surface area contributed by atoms with E-state index < -0.39 is 11.9 Å². The lowest BCUT2D eigenvalue weighted by molar-refractivity contribution is 0.0934. The van der Waals surface area contributed by atoms with E-state index in [2.05, 4.69) is 21.2 Å². The van der Waals surface area contributed by atoms with Gasteiger partial charge in [-0.05, 0) is 32.0 Å². The molecule has 2 rings (SSSR count). The van der Waals surface area contributed by atoms with Crippen LogP contribution < -0.4 is 16.2 Å². The van der Waals surface area contributed by atoms with Gasteiger partial charge in [-0.15, -0.1) is 0 Å². The zero-order valence-corrected chi connectivity index (χ0v) is 12.5. The van der Waals surface area contributed by atoms with Gasteiger partial charge in [0, 0.05) is 24.9 Å². The number of aromatic nitrogens is 1. The number of hydrogen-bond acceptors (Lipinski definition) is 4. The highest BCUT2D eigenvalue weighted by Crippen LogP contribution is 2.12. The van der Waals surface area contributed by atoms with Crippen molar-refractivity contribution in [3.63, 3.8) is 0 Å². The van der Waals surface area contributed by atoms with Gasteiger partial charge in [0.15, 0.2) is 0 Å². The Bertz CT molecular complexity index is 652. The second-order valence-corrected chi connectivity index (χ2v) is 4.73. The molecule has 0 spiro atoms. The number of rotatable bonds is 4. The van der Waals surface area contributed by atoms with Crippen LogP contribution >= 0.6 is 0 Å². The van der Waals surface area contributed by atoms with Crippen molar-refractivity contribution < 1.29 is 14.0 Å². The van der Waals surface area contributed by atoms with E-state index in [-0.39, 0.29) is 0 Å². The number of hydrazine groups is 1. The van der Waals surface area contributed by atoms with Gasteiger partial charge < -0.3 is 9.73 Å². The van der Waals surface area contributed by atoms with Gasteiger partial charge in [-0.2, -0.15) is 0 Å². The minimum Gasteiger partial charge on any atom is -0.466 e. The number of carbonyl (C=O) groups excluding carboxylic acids is 2. The fraction of sp³-hybridized carbons (Fsp3) is 0.267. The number of aryl methyl sites for hydroxylation is 2. The minimum atomic E-state index is -0.484. The molecule has 0 bridgehead atoms. The molecule has 0 atom stereocenters. The van der Waals surface area contributed by atoms with Crippen LogP contribution in [-0.4, -0.2) is 23.5 Å². The van der Waals surface area contributed by atoms with E-state index >= 15 is 0 Å². The molecule has 2 heterocycles. The molecule has 0 fully saturated rings. The Morgan fingerprint density at radius 3 is 2.68 bits per heavy atom. The highest BCUT2D eigenvalue weighted by atomic mass is 16.3. The highest BCUT2D eigenvalue weighted by Gasteiger charge is 2.13. The number of amides is 3. The zero-order chi connectivity index (χ0) is 15.9. The largest absolute Gasteiger partial charge is 0.466 e. The van der Waals surface area contributed by atoms with Crippen molar-refractivity contribution in [1.29, 1.82) is 0 Å². The van der Waals surface area contributed by atoms with Crippen LogP contribution in [0.2, 0.25) is 0 Å². The van der Waals surface area contributed by atoms with Crippen molar-refractivity contribution in [3.05, 3.63) is 53.2 Å². The predicted octanol–water partition coefficient (Wildman–Crippen LogP) is 1.48. The Morgan fingerprint density at radius 1 is 1.23 bits per heavy atom. The maximum atomic E-state index is 11.9. The number of hydrogen-bond donors (Lipinski definition) is 3. The lowest BCUT2D eigenvalue weighted by Gasteiger charge is -2.08. The van der Waals surface area contributed by atoms with E-state index in [1.165, 1.54) is 0 Å². The molecule has 3 amide bonds. The fourth-order valence-corrected chi connectivity index (χ4v) is 1.93. The van der Waals surface area contributed by atoms with Gasteiger partial charge in [0.2, 0.25) is 0 Å². The first-order valence-corrected chi connectivity index (χ1v) is 6.87. The van der Waals surface area contributed by atoms with Crippen molar-refractivity contribution in [2.45, 2.75) is 20.3 Å². The van der Waals surface area contributed by atoms with Crippen LogP contribution in [0.3, 0.4) is 0 Å². The van der Waals surface area contributed by atoms with Gasteiger partial charge in [0.05, 0.1) is 5.56 Å². The number of furan rings is 1. The van der Waals surface area contributed by atoms with Crippen molar-refractivity contribution >= 4 is 11.9 Å². The normalized spacial score (nSPS) is 10.1. The second kappa shape index (κ2) is 7.26. The Kier molecular flexibility index (Phi) is 5.13. The molecule has 3 N–H and O–H groups in total. The fourth-order valence-electron chi connectivity index (χ4n) is 1.93. The van der Waals surface area contributed by atoms with Gasteiger partial charge in [0.1, 0.15) is 11.5 Å². The Labute approximate surface area is 128 Å². The van der Waals surface area contributed by atoms with Crippen LogP contribution in [0.1, 0.15) is 27.6 Å². The summed E-state index contributed by atoms with van der Waals surface area (Å²) in [5.74, 6) is 0.726. The van der Waals surface area contributed by atoms with Crippen molar-refractivity contribution in [2.24, 2.45) is 0 Å². The number of urea groups is 1. The van der Waals surface area contributed by atoms with Crippen molar-refractivity contribution in [2.75, 3.05) is 6.54 Å². The lowest BCUT2D eigenvalue weighted by atomic mass is 10.2. The molecule has 2 aromatic heterocycles. The SMILES string of the molecule is Cc1cc(C(=O)NNC(=O)NCCc2ccccn2)c(C)o1. The number of carbonyl (C=O) groups is 2. The summed E-state index contributed by atoms with van der Waals surface area (Å²) < 4.78 is 5.26. The molecule has 0 aliphatic carbocycles. The second-order valence-electron chi connectivity index (χ2n) is 4.73. The summed E-state index contributed by atoms with van der Waals surface area (Å²) in [6.45, 7) is 3.86. The number of pyridine rings is 1. The van der Waals surface area contributed by atoms with Crippen LogP contribution in [-0.2, 0) is 6.42 Å². The molecular formula is C15H18N4O3. The molecule has 0 aliphatic rings. The molecule has 22 heavy (non-hydrogen) atoms. The first-order valence-electron chi connectivity index (χ1n) is 6.87. The quantitative estimate of drug-likeness (QED) is 0.745. The van der Waals surface area contributed by atoms with E-state index in [0.717, 1.165) is 5.69 Å².